The van der Waals surface area contributed by atoms with Crippen molar-refractivity contribution >= 4 is 5.69 Å². The second kappa shape index (κ2) is 4.63. The number of nitrogens with zero attached hydrogens (tertiary/aromatic N) is 1. The first kappa shape index (κ1) is 14.0. The van der Waals surface area contributed by atoms with E-state index in [0.29, 0.717) is 5.56 Å². The monoisotopic (exact) mass is 280 g/mol. The van der Waals surface area contributed by atoms with E-state index in [0.717, 1.165) is 12.1 Å². The Morgan fingerprint density at radius 2 is 1.95 bits per heavy atom. The summed E-state index contributed by atoms with van der Waals surface area (Å²) in [6, 6.07) is 3.05. The number of halogens is 5. The largest absolute Gasteiger partial charge is 0.416 e. The Morgan fingerprint density at radius 1 is 1.26 bits per heavy atom. The van der Waals surface area contributed by atoms with E-state index in [2.05, 4.69) is 0 Å². The Bertz CT molecular complexity index is 470. The minimum atomic E-state index is -4.50. The number of nitrogens with two attached hydrogens (primary N) is 1. The second-order valence-corrected chi connectivity index (χ2v) is 4.57. The van der Waals surface area contributed by atoms with Crippen LogP contribution >= 0.6 is 0 Å². The van der Waals surface area contributed by atoms with Crippen molar-refractivity contribution < 1.29 is 22.0 Å². The van der Waals surface area contributed by atoms with Gasteiger partial charge in [0.1, 0.15) is 0 Å². The number of benzene rings is 1. The zero-order chi connectivity index (χ0) is 14.3. The van der Waals surface area contributed by atoms with E-state index in [1.807, 2.05) is 0 Å². The van der Waals surface area contributed by atoms with Gasteiger partial charge in [-0.25, -0.2) is 8.78 Å². The molecule has 2 rings (SSSR count). The molecule has 7 heteroatoms. The highest BCUT2D eigenvalue weighted by atomic mass is 19.4. The van der Waals surface area contributed by atoms with E-state index in [4.69, 9.17) is 5.73 Å². The van der Waals surface area contributed by atoms with Gasteiger partial charge in [0.25, 0.3) is 5.92 Å². The topological polar surface area (TPSA) is 29.3 Å². The molecule has 0 spiro atoms. The molecular formula is C12H13F5N2. The Morgan fingerprint density at radius 3 is 2.42 bits per heavy atom. The molecule has 0 unspecified atom stereocenters. The van der Waals surface area contributed by atoms with Crippen molar-refractivity contribution in [3.8, 4) is 0 Å². The second-order valence-electron chi connectivity index (χ2n) is 4.57. The van der Waals surface area contributed by atoms with Crippen LogP contribution in [0, 0.1) is 0 Å². The van der Waals surface area contributed by atoms with Crippen LogP contribution in [0.25, 0.3) is 0 Å². The molecule has 0 aliphatic carbocycles. The van der Waals surface area contributed by atoms with Gasteiger partial charge in [0.05, 0.1) is 12.1 Å². The molecule has 0 amide bonds. The summed E-state index contributed by atoms with van der Waals surface area (Å²) in [7, 11) is 0. The highest BCUT2D eigenvalue weighted by Gasteiger charge is 2.39. The van der Waals surface area contributed by atoms with Crippen molar-refractivity contribution in [3.63, 3.8) is 0 Å². The average Bonchev–Trinajstić information content (AvgIpc) is 2.67. The first-order valence-electron chi connectivity index (χ1n) is 5.76. The third kappa shape index (κ3) is 2.97. The predicted octanol–water partition coefficient (Wildman–Crippen LogP) is 3.01. The zero-order valence-electron chi connectivity index (χ0n) is 9.97. The maximum atomic E-state index is 13.2. The molecule has 0 aromatic heterocycles. The Kier molecular flexibility index (Phi) is 3.42. The van der Waals surface area contributed by atoms with Crippen LogP contribution in [-0.4, -0.2) is 19.0 Å². The quantitative estimate of drug-likeness (QED) is 0.844. The molecule has 106 valence electrons. The minimum absolute atomic E-state index is 0.00947. The molecule has 1 heterocycles. The van der Waals surface area contributed by atoms with Crippen LogP contribution < -0.4 is 10.6 Å². The smallest absolute Gasteiger partial charge is 0.365 e. The van der Waals surface area contributed by atoms with Crippen molar-refractivity contribution in [2.45, 2.75) is 25.1 Å². The summed E-state index contributed by atoms with van der Waals surface area (Å²) in [5.41, 5.74) is 5.18. The van der Waals surface area contributed by atoms with Gasteiger partial charge in [-0.1, -0.05) is 6.07 Å². The lowest BCUT2D eigenvalue weighted by molar-refractivity contribution is -0.137. The standard InChI is InChI=1S/C12H13F5N2/c13-11(14)3-4-19(7-11)10-5-9(12(15,16)17)2-1-8(10)6-18/h1-2,5H,3-4,6-7,18H2. The fraction of sp³-hybridized carbons (Fsp3) is 0.500. The van der Waals surface area contributed by atoms with E-state index in [1.165, 1.54) is 11.0 Å². The van der Waals surface area contributed by atoms with E-state index < -0.39 is 24.2 Å². The van der Waals surface area contributed by atoms with Gasteiger partial charge in [-0.2, -0.15) is 13.2 Å². The van der Waals surface area contributed by atoms with Crippen molar-refractivity contribution in [1.29, 1.82) is 0 Å². The molecule has 1 aromatic rings. The lowest BCUT2D eigenvalue weighted by atomic mass is 10.1. The number of hydrogen-bond donors (Lipinski definition) is 1. The lowest BCUT2D eigenvalue weighted by Crippen LogP contribution is -2.26. The highest BCUT2D eigenvalue weighted by Crippen LogP contribution is 2.37. The molecular weight excluding hydrogens is 267 g/mol. The van der Waals surface area contributed by atoms with Gasteiger partial charge >= 0.3 is 6.18 Å². The van der Waals surface area contributed by atoms with Crippen LogP contribution in [0.1, 0.15) is 17.5 Å². The van der Waals surface area contributed by atoms with E-state index >= 15 is 0 Å². The molecule has 0 radical (unpaired) electrons. The predicted molar refractivity (Wildman–Crippen MR) is 61.1 cm³/mol. The van der Waals surface area contributed by atoms with Crippen LogP contribution in [0.2, 0.25) is 0 Å². The SMILES string of the molecule is NCc1ccc(C(F)(F)F)cc1N1CCC(F)(F)C1. The van der Waals surface area contributed by atoms with Crippen molar-refractivity contribution in [2.24, 2.45) is 5.73 Å². The van der Waals surface area contributed by atoms with Gasteiger partial charge in [-0.3, -0.25) is 0 Å². The molecule has 1 fully saturated rings. The van der Waals surface area contributed by atoms with Gasteiger partial charge in [0.2, 0.25) is 0 Å². The van der Waals surface area contributed by atoms with Crippen molar-refractivity contribution in [1.82, 2.24) is 0 Å². The highest BCUT2D eigenvalue weighted by molar-refractivity contribution is 5.57. The maximum Gasteiger partial charge on any atom is 0.416 e. The third-order valence-corrected chi connectivity index (χ3v) is 3.14. The summed E-state index contributed by atoms with van der Waals surface area (Å²) in [5.74, 6) is -2.86. The number of rotatable bonds is 2. The summed E-state index contributed by atoms with van der Waals surface area (Å²) in [4.78, 5) is 1.26. The fourth-order valence-electron chi connectivity index (χ4n) is 2.15. The first-order valence-corrected chi connectivity index (χ1v) is 5.76. The van der Waals surface area contributed by atoms with Gasteiger partial charge in [-0.05, 0) is 17.7 Å². The van der Waals surface area contributed by atoms with Crippen molar-refractivity contribution in [3.05, 3.63) is 29.3 Å². The maximum absolute atomic E-state index is 13.2. The summed E-state index contributed by atoms with van der Waals surface area (Å²) in [5, 5.41) is 0. The molecule has 1 aliphatic heterocycles. The molecule has 0 bridgehead atoms. The third-order valence-electron chi connectivity index (χ3n) is 3.14. The van der Waals surface area contributed by atoms with Gasteiger partial charge in [-0.15, -0.1) is 0 Å². The van der Waals surface area contributed by atoms with Crippen LogP contribution in [0.4, 0.5) is 27.6 Å². The molecule has 2 nitrogen and oxygen atoms in total. The van der Waals surface area contributed by atoms with Crippen LogP contribution in [0.3, 0.4) is 0 Å². The molecule has 0 saturated carbocycles. The fourth-order valence-corrected chi connectivity index (χ4v) is 2.15. The van der Waals surface area contributed by atoms with E-state index in [9.17, 15) is 22.0 Å². The molecule has 1 aliphatic rings. The van der Waals surface area contributed by atoms with E-state index in [1.54, 1.807) is 0 Å². The molecule has 0 atom stereocenters. The van der Waals surface area contributed by atoms with Gasteiger partial charge in [0, 0.05) is 25.2 Å². The number of hydrogen-bond acceptors (Lipinski definition) is 2. The summed E-state index contributed by atoms with van der Waals surface area (Å²) in [6.07, 6.45) is -4.85. The molecule has 2 N–H and O–H groups in total. The molecule has 19 heavy (non-hydrogen) atoms. The number of alkyl halides is 5. The number of anilines is 1. The summed E-state index contributed by atoms with van der Waals surface area (Å²) >= 11 is 0. The van der Waals surface area contributed by atoms with E-state index in [-0.39, 0.29) is 25.2 Å². The van der Waals surface area contributed by atoms with Crippen LogP contribution in [0.15, 0.2) is 18.2 Å². The van der Waals surface area contributed by atoms with Crippen LogP contribution in [-0.2, 0) is 12.7 Å². The Hall–Kier alpha value is -1.37. The zero-order valence-corrected chi connectivity index (χ0v) is 9.97. The lowest BCUT2D eigenvalue weighted by Gasteiger charge is -2.22. The van der Waals surface area contributed by atoms with Crippen LogP contribution in [0.5, 0.6) is 0 Å². The summed E-state index contributed by atoms with van der Waals surface area (Å²) < 4.78 is 64.2. The Balaban J connectivity index is 2.38. The van der Waals surface area contributed by atoms with Crippen molar-refractivity contribution in [2.75, 3.05) is 18.0 Å². The average molecular weight is 280 g/mol. The minimum Gasteiger partial charge on any atom is -0.365 e. The summed E-state index contributed by atoms with van der Waals surface area (Å²) in [6.45, 7) is -0.530. The Labute approximate surface area is 107 Å². The normalized spacial score (nSPS) is 18.9. The molecule has 1 saturated heterocycles. The van der Waals surface area contributed by atoms with Gasteiger partial charge < -0.3 is 10.6 Å². The molecule has 1 aromatic carbocycles. The first-order chi connectivity index (χ1) is 8.73. The van der Waals surface area contributed by atoms with Gasteiger partial charge in [0.15, 0.2) is 0 Å².